The van der Waals surface area contributed by atoms with E-state index in [0.29, 0.717) is 0 Å². The molecular formula is C7H11FN2. The lowest BCUT2D eigenvalue weighted by Gasteiger charge is -2.03. The van der Waals surface area contributed by atoms with E-state index < -0.39 is 0 Å². The van der Waals surface area contributed by atoms with Gasteiger partial charge in [0.2, 0.25) is 0 Å². The van der Waals surface area contributed by atoms with Gasteiger partial charge in [-0.15, -0.1) is 0 Å². The van der Waals surface area contributed by atoms with E-state index >= 15 is 0 Å². The fraction of sp³-hybridized carbons (Fsp3) is 0.429. The molecule has 0 fully saturated rings. The maximum absolute atomic E-state index is 12.3. The van der Waals surface area contributed by atoms with Crippen molar-refractivity contribution in [3.8, 4) is 0 Å². The molecule has 3 heteroatoms. The monoisotopic (exact) mass is 142 g/mol. The Morgan fingerprint density at radius 2 is 2.50 bits per heavy atom. The molecule has 0 radical (unpaired) electrons. The molecule has 0 aromatic carbocycles. The molecule has 2 nitrogen and oxygen atoms in total. The van der Waals surface area contributed by atoms with Crippen LogP contribution in [0.1, 0.15) is 24.9 Å². The van der Waals surface area contributed by atoms with Gasteiger partial charge in [-0.05, 0) is 18.1 Å². The van der Waals surface area contributed by atoms with Gasteiger partial charge >= 0.3 is 0 Å². The minimum absolute atomic E-state index is 0.0410. The molecule has 0 aliphatic rings. The van der Waals surface area contributed by atoms with Gasteiger partial charge in [0.15, 0.2) is 5.95 Å². The molecule has 0 aliphatic carbocycles. The predicted molar refractivity (Wildman–Crippen MR) is 38.0 cm³/mol. The van der Waals surface area contributed by atoms with Gasteiger partial charge < -0.3 is 10.7 Å². The Balaban J connectivity index is 2.74. The van der Waals surface area contributed by atoms with Crippen molar-refractivity contribution in [2.45, 2.75) is 19.4 Å². The van der Waals surface area contributed by atoms with Crippen molar-refractivity contribution in [3.63, 3.8) is 0 Å². The lowest BCUT2D eigenvalue weighted by molar-refractivity contribution is 0.590. The lowest BCUT2D eigenvalue weighted by Crippen LogP contribution is -2.06. The summed E-state index contributed by atoms with van der Waals surface area (Å²) >= 11 is 0. The summed E-state index contributed by atoms with van der Waals surface area (Å²) in [6.07, 6.45) is 2.43. The number of nitrogens with two attached hydrogens (primary N) is 1. The summed E-state index contributed by atoms with van der Waals surface area (Å²) in [5.74, 6) is -0.320. The van der Waals surface area contributed by atoms with Crippen molar-refractivity contribution >= 4 is 0 Å². The molecule has 56 valence electrons. The van der Waals surface area contributed by atoms with Gasteiger partial charge in [0, 0.05) is 12.2 Å². The molecule has 0 spiro atoms. The molecule has 0 saturated carbocycles. The number of nitrogens with one attached hydrogen (secondary N) is 1. The number of aromatic amines is 1. The first kappa shape index (κ1) is 7.28. The van der Waals surface area contributed by atoms with E-state index in [1.54, 1.807) is 6.20 Å². The van der Waals surface area contributed by atoms with Gasteiger partial charge in [-0.2, -0.15) is 4.39 Å². The number of hydrogen-bond donors (Lipinski definition) is 2. The first-order valence-electron chi connectivity index (χ1n) is 3.33. The van der Waals surface area contributed by atoms with Crippen LogP contribution in [0, 0.1) is 5.95 Å². The summed E-state index contributed by atoms with van der Waals surface area (Å²) in [6, 6.07) is 1.38. The van der Waals surface area contributed by atoms with Crippen LogP contribution >= 0.6 is 0 Å². The third-order valence-electron chi connectivity index (χ3n) is 1.54. The van der Waals surface area contributed by atoms with Gasteiger partial charge in [0.1, 0.15) is 0 Å². The summed E-state index contributed by atoms with van der Waals surface area (Å²) in [7, 11) is 0. The highest BCUT2D eigenvalue weighted by molar-refractivity contribution is 5.13. The molecule has 10 heavy (non-hydrogen) atoms. The van der Waals surface area contributed by atoms with Crippen molar-refractivity contribution in [2.75, 3.05) is 0 Å². The summed E-state index contributed by atoms with van der Waals surface area (Å²) in [5.41, 5.74) is 6.45. The van der Waals surface area contributed by atoms with Gasteiger partial charge in [-0.25, -0.2) is 0 Å². The Labute approximate surface area is 59.2 Å². The fourth-order valence-electron chi connectivity index (χ4n) is 0.832. The quantitative estimate of drug-likeness (QED) is 0.646. The first-order chi connectivity index (χ1) is 4.74. The van der Waals surface area contributed by atoms with Crippen LogP contribution in [0.2, 0.25) is 0 Å². The van der Waals surface area contributed by atoms with Gasteiger partial charge in [0.05, 0.1) is 0 Å². The maximum Gasteiger partial charge on any atom is 0.191 e. The summed E-state index contributed by atoms with van der Waals surface area (Å²) < 4.78 is 12.3. The molecule has 0 aliphatic heterocycles. The molecule has 1 atom stereocenters. The zero-order valence-corrected chi connectivity index (χ0v) is 5.89. The van der Waals surface area contributed by atoms with E-state index in [1.165, 1.54) is 6.07 Å². The predicted octanol–water partition coefficient (Wildman–Crippen LogP) is 1.56. The van der Waals surface area contributed by atoms with Gasteiger partial charge in [-0.1, -0.05) is 6.92 Å². The van der Waals surface area contributed by atoms with Crippen LogP contribution in [0.4, 0.5) is 4.39 Å². The smallest absolute Gasteiger partial charge is 0.191 e. The highest BCUT2D eigenvalue weighted by Crippen LogP contribution is 2.13. The van der Waals surface area contributed by atoms with Crippen molar-refractivity contribution in [1.29, 1.82) is 0 Å². The minimum atomic E-state index is -0.320. The number of hydrogen-bond acceptors (Lipinski definition) is 1. The minimum Gasteiger partial charge on any atom is -0.338 e. The Kier molecular flexibility index (Phi) is 2.06. The second-order valence-electron chi connectivity index (χ2n) is 2.30. The van der Waals surface area contributed by atoms with Gasteiger partial charge in [-0.3, -0.25) is 0 Å². The van der Waals surface area contributed by atoms with Crippen LogP contribution in [0.15, 0.2) is 12.3 Å². The molecule has 1 aromatic rings. The van der Waals surface area contributed by atoms with Crippen molar-refractivity contribution in [3.05, 3.63) is 23.8 Å². The van der Waals surface area contributed by atoms with E-state index in [4.69, 9.17) is 5.73 Å². The zero-order chi connectivity index (χ0) is 7.56. The molecule has 1 heterocycles. The third-order valence-corrected chi connectivity index (χ3v) is 1.54. The summed E-state index contributed by atoms with van der Waals surface area (Å²) in [6.45, 7) is 1.97. The first-order valence-corrected chi connectivity index (χ1v) is 3.33. The van der Waals surface area contributed by atoms with Crippen LogP contribution in [-0.4, -0.2) is 4.98 Å². The standard InChI is InChI=1S/C7H11FN2/c1-2-6(9)5-3-7(8)10-4-5/h3-4,6,10H,2,9H2,1H3. The highest BCUT2D eigenvalue weighted by Gasteiger charge is 2.04. The molecule has 0 bridgehead atoms. The normalized spacial score (nSPS) is 13.5. The Bertz CT molecular complexity index is 207. The van der Waals surface area contributed by atoms with Crippen molar-refractivity contribution < 1.29 is 4.39 Å². The molecule has 1 rings (SSSR count). The second-order valence-corrected chi connectivity index (χ2v) is 2.30. The van der Waals surface area contributed by atoms with Crippen LogP contribution in [0.5, 0.6) is 0 Å². The zero-order valence-electron chi connectivity index (χ0n) is 5.89. The topological polar surface area (TPSA) is 41.8 Å². The highest BCUT2D eigenvalue weighted by atomic mass is 19.1. The van der Waals surface area contributed by atoms with Crippen LogP contribution in [0.25, 0.3) is 0 Å². The van der Waals surface area contributed by atoms with Crippen molar-refractivity contribution in [1.82, 2.24) is 4.98 Å². The summed E-state index contributed by atoms with van der Waals surface area (Å²) in [4.78, 5) is 2.44. The molecular weight excluding hydrogens is 131 g/mol. The van der Waals surface area contributed by atoms with Crippen molar-refractivity contribution in [2.24, 2.45) is 5.73 Å². The van der Waals surface area contributed by atoms with E-state index in [0.717, 1.165) is 12.0 Å². The van der Waals surface area contributed by atoms with Gasteiger partial charge in [0.25, 0.3) is 0 Å². The third kappa shape index (κ3) is 1.36. The Hall–Kier alpha value is -0.830. The number of aromatic nitrogens is 1. The number of H-pyrrole nitrogens is 1. The largest absolute Gasteiger partial charge is 0.338 e. The maximum atomic E-state index is 12.3. The number of halogens is 1. The molecule has 1 aromatic heterocycles. The van der Waals surface area contributed by atoms with Crippen LogP contribution < -0.4 is 5.73 Å². The van der Waals surface area contributed by atoms with Crippen LogP contribution in [-0.2, 0) is 0 Å². The SMILES string of the molecule is CCC(N)c1c[nH]c(F)c1. The molecule has 3 N–H and O–H groups in total. The van der Waals surface area contributed by atoms with E-state index in [1.807, 2.05) is 6.92 Å². The fourth-order valence-corrected chi connectivity index (χ4v) is 0.832. The lowest BCUT2D eigenvalue weighted by atomic mass is 10.1. The van der Waals surface area contributed by atoms with E-state index in [-0.39, 0.29) is 12.0 Å². The molecule has 0 saturated heterocycles. The van der Waals surface area contributed by atoms with E-state index in [2.05, 4.69) is 4.98 Å². The number of rotatable bonds is 2. The average Bonchev–Trinajstić information content (AvgIpc) is 2.34. The van der Waals surface area contributed by atoms with Crippen LogP contribution in [0.3, 0.4) is 0 Å². The average molecular weight is 142 g/mol. The Morgan fingerprint density at radius 1 is 1.80 bits per heavy atom. The molecule has 0 amide bonds. The molecule has 1 unspecified atom stereocenters. The second kappa shape index (κ2) is 2.84. The van der Waals surface area contributed by atoms with E-state index in [9.17, 15) is 4.39 Å². The Morgan fingerprint density at radius 3 is 2.90 bits per heavy atom. The summed E-state index contributed by atoms with van der Waals surface area (Å²) in [5, 5.41) is 0.